The number of anilines is 1. The molecule has 2 heterocycles. The molecule has 4 heteroatoms. The van der Waals surface area contributed by atoms with E-state index < -0.39 is 0 Å². The summed E-state index contributed by atoms with van der Waals surface area (Å²) >= 11 is 0. The molecule has 1 saturated heterocycles. The fourth-order valence-electron chi connectivity index (χ4n) is 4.47. The van der Waals surface area contributed by atoms with Crippen LogP contribution >= 0.6 is 0 Å². The Hall–Kier alpha value is -2.33. The molecule has 0 saturated carbocycles. The molecule has 2 atom stereocenters. The second kappa shape index (κ2) is 7.12. The van der Waals surface area contributed by atoms with Crippen molar-refractivity contribution in [2.75, 3.05) is 18.4 Å². The van der Waals surface area contributed by atoms with Crippen molar-refractivity contribution in [1.82, 2.24) is 9.80 Å². The molecule has 4 nitrogen and oxygen atoms in total. The summed E-state index contributed by atoms with van der Waals surface area (Å²) in [5.74, 6) is 0. The van der Waals surface area contributed by atoms with E-state index in [9.17, 15) is 4.79 Å². The van der Waals surface area contributed by atoms with Gasteiger partial charge in [0.2, 0.25) is 0 Å². The van der Waals surface area contributed by atoms with Gasteiger partial charge in [0.1, 0.15) is 0 Å². The van der Waals surface area contributed by atoms with Crippen LogP contribution in [0.25, 0.3) is 0 Å². The zero-order valence-corrected chi connectivity index (χ0v) is 15.6. The van der Waals surface area contributed by atoms with Crippen LogP contribution in [0.3, 0.4) is 0 Å². The number of nitrogens with one attached hydrogen (secondary N) is 1. The zero-order chi connectivity index (χ0) is 18.1. The zero-order valence-electron chi connectivity index (χ0n) is 15.6. The first kappa shape index (κ1) is 17.1. The Balaban J connectivity index is 1.71. The van der Waals surface area contributed by atoms with E-state index in [1.807, 2.05) is 23.1 Å². The number of carbonyl (C=O) groups is 1. The van der Waals surface area contributed by atoms with E-state index in [4.69, 9.17) is 0 Å². The molecule has 1 N–H and O–H groups in total. The second-order valence-corrected chi connectivity index (χ2v) is 7.61. The van der Waals surface area contributed by atoms with Crippen LogP contribution in [0.1, 0.15) is 43.9 Å². The molecule has 4 rings (SSSR count). The molecule has 26 heavy (non-hydrogen) atoms. The van der Waals surface area contributed by atoms with Gasteiger partial charge in [-0.15, -0.1) is 0 Å². The van der Waals surface area contributed by atoms with Gasteiger partial charge in [0.15, 0.2) is 0 Å². The number of carbonyl (C=O) groups excluding carboxylic acids is 1. The van der Waals surface area contributed by atoms with Crippen LogP contribution in [0.2, 0.25) is 0 Å². The number of benzene rings is 2. The number of fused-ring (bicyclic) bond motifs is 1. The number of rotatable bonds is 4. The average molecular weight is 349 g/mol. The maximum atomic E-state index is 13.0. The molecule has 0 spiro atoms. The Morgan fingerprint density at radius 2 is 1.81 bits per heavy atom. The van der Waals surface area contributed by atoms with E-state index in [2.05, 4.69) is 60.5 Å². The first-order valence-corrected chi connectivity index (χ1v) is 9.62. The topological polar surface area (TPSA) is 35.6 Å². The molecule has 0 bridgehead atoms. The molecule has 0 aromatic heterocycles. The highest BCUT2D eigenvalue weighted by Gasteiger charge is 2.37. The minimum atomic E-state index is -0.0317. The molecule has 136 valence electrons. The number of hydrogen-bond acceptors (Lipinski definition) is 2. The lowest BCUT2D eigenvalue weighted by atomic mass is 9.93. The van der Waals surface area contributed by atoms with E-state index in [1.54, 1.807) is 0 Å². The van der Waals surface area contributed by atoms with E-state index in [1.165, 1.54) is 17.5 Å². The minimum absolute atomic E-state index is 0.00755. The van der Waals surface area contributed by atoms with Crippen molar-refractivity contribution >= 4 is 11.7 Å². The van der Waals surface area contributed by atoms with Gasteiger partial charge < -0.3 is 10.2 Å². The quantitative estimate of drug-likeness (QED) is 0.882. The van der Waals surface area contributed by atoms with Crippen molar-refractivity contribution in [2.24, 2.45) is 0 Å². The summed E-state index contributed by atoms with van der Waals surface area (Å²) in [6.45, 7) is 6.39. The van der Waals surface area contributed by atoms with Crippen molar-refractivity contribution < 1.29 is 4.79 Å². The Morgan fingerprint density at radius 3 is 2.58 bits per heavy atom. The van der Waals surface area contributed by atoms with Crippen LogP contribution in [0, 0.1) is 0 Å². The maximum absolute atomic E-state index is 13.0. The summed E-state index contributed by atoms with van der Waals surface area (Å²) in [6, 6.07) is 19.5. The van der Waals surface area contributed by atoms with Gasteiger partial charge in [-0.2, -0.15) is 0 Å². The molecule has 2 amide bonds. The standard InChI is InChI=1S/C22H27N3O/c1-16(2)24-14-8-11-18(24)15-25-21(17-9-4-3-5-10-17)19-12-6-7-13-20(19)23-22(25)26/h3-7,9-10,12-13,16,18,21H,8,11,14-15H2,1-2H3,(H,23,26). The van der Waals surface area contributed by atoms with Crippen molar-refractivity contribution in [3.8, 4) is 0 Å². The molecule has 0 aliphatic carbocycles. The molecule has 2 aliphatic heterocycles. The molecule has 2 aromatic carbocycles. The van der Waals surface area contributed by atoms with Crippen molar-refractivity contribution in [2.45, 2.75) is 44.8 Å². The van der Waals surface area contributed by atoms with E-state index in [-0.39, 0.29) is 12.1 Å². The van der Waals surface area contributed by atoms with Gasteiger partial charge >= 0.3 is 6.03 Å². The van der Waals surface area contributed by atoms with Crippen molar-refractivity contribution in [3.63, 3.8) is 0 Å². The number of nitrogens with zero attached hydrogens (tertiary/aromatic N) is 2. The highest BCUT2D eigenvalue weighted by atomic mass is 16.2. The average Bonchev–Trinajstić information content (AvgIpc) is 3.11. The summed E-state index contributed by atoms with van der Waals surface area (Å²) in [6.07, 6.45) is 2.37. The molecular weight excluding hydrogens is 322 g/mol. The largest absolute Gasteiger partial charge is 0.322 e. The van der Waals surface area contributed by atoms with Crippen LogP contribution in [0.4, 0.5) is 10.5 Å². The number of likely N-dealkylation sites (tertiary alicyclic amines) is 1. The summed E-state index contributed by atoms with van der Waals surface area (Å²) < 4.78 is 0. The lowest BCUT2D eigenvalue weighted by molar-refractivity contribution is 0.140. The number of amides is 2. The Kier molecular flexibility index (Phi) is 4.68. The first-order valence-electron chi connectivity index (χ1n) is 9.62. The lowest BCUT2D eigenvalue weighted by Crippen LogP contribution is -2.50. The van der Waals surface area contributed by atoms with Gasteiger partial charge in [0.05, 0.1) is 6.04 Å². The van der Waals surface area contributed by atoms with Gasteiger partial charge in [0.25, 0.3) is 0 Å². The van der Waals surface area contributed by atoms with Crippen LogP contribution in [0.15, 0.2) is 54.6 Å². The second-order valence-electron chi connectivity index (χ2n) is 7.61. The molecule has 2 unspecified atom stereocenters. The summed E-state index contributed by atoms with van der Waals surface area (Å²) in [4.78, 5) is 17.6. The number of para-hydroxylation sites is 1. The van der Waals surface area contributed by atoms with E-state index in [0.29, 0.717) is 12.1 Å². The number of urea groups is 1. The van der Waals surface area contributed by atoms with E-state index in [0.717, 1.165) is 25.2 Å². The SMILES string of the molecule is CC(C)N1CCCC1CN1C(=O)Nc2ccccc2C1c1ccccc1. The Labute approximate surface area is 155 Å². The highest BCUT2D eigenvalue weighted by Crippen LogP contribution is 2.38. The first-order chi connectivity index (χ1) is 12.6. The fraction of sp³-hybridized carbons (Fsp3) is 0.409. The molecule has 1 fully saturated rings. The van der Waals surface area contributed by atoms with Crippen molar-refractivity contribution in [1.29, 1.82) is 0 Å². The minimum Gasteiger partial charge on any atom is -0.312 e. The smallest absolute Gasteiger partial charge is 0.312 e. The number of hydrogen-bond donors (Lipinski definition) is 1. The summed E-state index contributed by atoms with van der Waals surface area (Å²) in [7, 11) is 0. The predicted molar refractivity (Wildman–Crippen MR) is 105 cm³/mol. The monoisotopic (exact) mass is 349 g/mol. The molecule has 2 aliphatic rings. The highest BCUT2D eigenvalue weighted by molar-refractivity contribution is 5.93. The van der Waals surface area contributed by atoms with Crippen molar-refractivity contribution in [3.05, 3.63) is 65.7 Å². The Morgan fingerprint density at radius 1 is 1.08 bits per heavy atom. The predicted octanol–water partition coefficient (Wildman–Crippen LogP) is 4.50. The third kappa shape index (κ3) is 3.10. The molecule has 2 aromatic rings. The third-order valence-corrected chi connectivity index (χ3v) is 5.68. The Bertz CT molecular complexity index is 774. The van der Waals surface area contributed by atoms with Gasteiger partial charge in [-0.1, -0.05) is 48.5 Å². The van der Waals surface area contributed by atoms with Crippen LogP contribution in [0.5, 0.6) is 0 Å². The van der Waals surface area contributed by atoms with Gasteiger partial charge in [0, 0.05) is 29.9 Å². The fourth-order valence-corrected chi connectivity index (χ4v) is 4.47. The van der Waals surface area contributed by atoms with E-state index >= 15 is 0 Å². The summed E-state index contributed by atoms with van der Waals surface area (Å²) in [5.41, 5.74) is 3.27. The van der Waals surface area contributed by atoms with Crippen LogP contribution in [-0.4, -0.2) is 41.0 Å². The van der Waals surface area contributed by atoms with Gasteiger partial charge in [-0.3, -0.25) is 4.90 Å². The van der Waals surface area contributed by atoms with Gasteiger partial charge in [-0.25, -0.2) is 4.79 Å². The maximum Gasteiger partial charge on any atom is 0.322 e. The molecular formula is C22H27N3O. The normalized spacial score (nSPS) is 23.2. The van der Waals surface area contributed by atoms with Gasteiger partial charge in [-0.05, 0) is 44.9 Å². The molecule has 0 radical (unpaired) electrons. The summed E-state index contributed by atoms with van der Waals surface area (Å²) in [5, 5.41) is 3.10. The lowest BCUT2D eigenvalue weighted by Gasteiger charge is -2.41. The third-order valence-electron chi connectivity index (χ3n) is 5.68. The van der Waals surface area contributed by atoms with Crippen LogP contribution < -0.4 is 5.32 Å². The van der Waals surface area contributed by atoms with Crippen LogP contribution in [-0.2, 0) is 0 Å².